The maximum absolute atomic E-state index is 12.1. The molecule has 0 saturated heterocycles. The number of halogens is 1. The molecule has 2 heterocycles. The molecule has 24 heavy (non-hydrogen) atoms. The highest BCUT2D eigenvalue weighted by Crippen LogP contribution is 2.39. The van der Waals surface area contributed by atoms with Crippen LogP contribution in [0.15, 0.2) is 41.9 Å². The fraction of sp³-hybridized carbons (Fsp3) is 0.222. The average Bonchev–Trinajstić information content (AvgIpc) is 3.11. The summed E-state index contributed by atoms with van der Waals surface area (Å²) in [6, 6.07) is 8.68. The number of rotatable bonds is 5. The van der Waals surface area contributed by atoms with Gasteiger partial charge in [0.15, 0.2) is 0 Å². The number of phenols is 1. The highest BCUT2D eigenvalue weighted by molar-refractivity contribution is 7.10. The number of pyridine rings is 1. The number of phenolic OH excluding ortho intramolecular Hbond substituents is 1. The van der Waals surface area contributed by atoms with Crippen molar-refractivity contribution < 1.29 is 9.90 Å². The van der Waals surface area contributed by atoms with E-state index in [1.165, 1.54) is 11.3 Å². The lowest BCUT2D eigenvalue weighted by Gasteiger charge is -2.20. The molecule has 3 rings (SSSR count). The zero-order valence-electron chi connectivity index (χ0n) is 13.1. The molecule has 0 aliphatic heterocycles. The van der Waals surface area contributed by atoms with Crippen molar-refractivity contribution in [3.05, 3.63) is 57.4 Å². The first-order valence-corrected chi connectivity index (χ1v) is 8.96. The Kier molecular flexibility index (Phi) is 5.02. The van der Waals surface area contributed by atoms with Gasteiger partial charge in [0, 0.05) is 28.4 Å². The number of carbonyl (C=O) groups excluding carboxylic acids is 1. The van der Waals surface area contributed by atoms with E-state index in [0.29, 0.717) is 27.9 Å². The van der Waals surface area contributed by atoms with Gasteiger partial charge in [-0.3, -0.25) is 9.78 Å². The number of fused-ring (bicyclic) bond motifs is 1. The zero-order chi connectivity index (χ0) is 17.1. The predicted octanol–water partition coefficient (Wildman–Crippen LogP) is 4.66. The molecule has 1 aromatic carbocycles. The second kappa shape index (κ2) is 7.20. The van der Waals surface area contributed by atoms with Crippen LogP contribution < -0.4 is 5.32 Å². The molecule has 3 aromatic rings. The van der Waals surface area contributed by atoms with Crippen LogP contribution in [0.5, 0.6) is 5.75 Å². The van der Waals surface area contributed by atoms with Crippen molar-refractivity contribution in [1.82, 2.24) is 10.3 Å². The van der Waals surface area contributed by atoms with Crippen LogP contribution in [-0.2, 0) is 4.79 Å². The molecule has 4 nitrogen and oxygen atoms in total. The quantitative estimate of drug-likeness (QED) is 0.695. The fourth-order valence-corrected chi connectivity index (χ4v) is 3.71. The van der Waals surface area contributed by atoms with Crippen molar-refractivity contribution in [2.24, 2.45) is 0 Å². The highest BCUT2D eigenvalue weighted by atomic mass is 35.5. The van der Waals surface area contributed by atoms with Gasteiger partial charge in [0.2, 0.25) is 5.91 Å². The van der Waals surface area contributed by atoms with Crippen LogP contribution in [0.3, 0.4) is 0 Å². The molecule has 0 radical (unpaired) electrons. The van der Waals surface area contributed by atoms with E-state index in [2.05, 4.69) is 10.3 Å². The van der Waals surface area contributed by atoms with Crippen LogP contribution in [-0.4, -0.2) is 16.0 Å². The summed E-state index contributed by atoms with van der Waals surface area (Å²) in [5, 5.41) is 16.8. The predicted molar refractivity (Wildman–Crippen MR) is 97.6 cm³/mol. The Balaban J connectivity index is 2.12. The molecule has 0 aliphatic rings. The third kappa shape index (κ3) is 3.23. The van der Waals surface area contributed by atoms with Crippen LogP contribution >= 0.6 is 22.9 Å². The molecule has 2 aromatic heterocycles. The molecule has 1 amide bonds. The van der Waals surface area contributed by atoms with Gasteiger partial charge in [-0.25, -0.2) is 0 Å². The summed E-state index contributed by atoms with van der Waals surface area (Å²) in [6.07, 6.45) is 2.80. The molecule has 124 valence electrons. The van der Waals surface area contributed by atoms with Gasteiger partial charge in [-0.15, -0.1) is 11.3 Å². The number of hydrogen-bond donors (Lipinski definition) is 2. The third-order valence-corrected chi connectivity index (χ3v) is 5.02. The van der Waals surface area contributed by atoms with Gasteiger partial charge in [-0.1, -0.05) is 24.6 Å². The third-order valence-electron chi connectivity index (χ3n) is 3.77. The molecule has 0 aliphatic carbocycles. The summed E-state index contributed by atoms with van der Waals surface area (Å²) >= 11 is 7.89. The Morgan fingerprint density at radius 3 is 2.96 bits per heavy atom. The summed E-state index contributed by atoms with van der Waals surface area (Å²) < 4.78 is 0. The van der Waals surface area contributed by atoms with E-state index in [-0.39, 0.29) is 11.7 Å². The number of hydrogen-bond acceptors (Lipinski definition) is 4. The lowest BCUT2D eigenvalue weighted by atomic mass is 10.0. The number of thiophene rings is 1. The van der Waals surface area contributed by atoms with E-state index in [1.54, 1.807) is 18.3 Å². The summed E-state index contributed by atoms with van der Waals surface area (Å²) in [4.78, 5) is 17.3. The van der Waals surface area contributed by atoms with Crippen molar-refractivity contribution in [3.63, 3.8) is 0 Å². The van der Waals surface area contributed by atoms with Crippen molar-refractivity contribution >= 4 is 39.7 Å². The van der Waals surface area contributed by atoms with Crippen LogP contribution in [0.4, 0.5) is 0 Å². The lowest BCUT2D eigenvalue weighted by molar-refractivity contribution is -0.121. The molecule has 0 bridgehead atoms. The Morgan fingerprint density at radius 1 is 1.42 bits per heavy atom. The van der Waals surface area contributed by atoms with Gasteiger partial charge in [0.25, 0.3) is 0 Å². The van der Waals surface area contributed by atoms with E-state index < -0.39 is 6.04 Å². The standard InChI is InChI=1S/C18H17ClN2O2S/c1-2-5-15(22)21-16(14-7-4-9-24-14)12-10-13(19)11-6-3-8-20-17(11)18(12)23/h3-4,6-10,16,23H,2,5H2,1H3,(H,21,22)/t16-/m0/s1. The summed E-state index contributed by atoms with van der Waals surface area (Å²) in [6.45, 7) is 1.95. The van der Waals surface area contributed by atoms with Crippen molar-refractivity contribution in [1.29, 1.82) is 0 Å². The van der Waals surface area contributed by atoms with Crippen LogP contribution in [0.25, 0.3) is 10.9 Å². The number of carbonyl (C=O) groups is 1. The van der Waals surface area contributed by atoms with E-state index in [0.717, 1.165) is 11.3 Å². The van der Waals surface area contributed by atoms with Gasteiger partial charge in [-0.2, -0.15) is 0 Å². The van der Waals surface area contributed by atoms with Crippen LogP contribution in [0, 0.1) is 0 Å². The minimum atomic E-state index is -0.451. The highest BCUT2D eigenvalue weighted by Gasteiger charge is 2.23. The number of amides is 1. The number of aromatic nitrogens is 1. The Labute approximate surface area is 149 Å². The summed E-state index contributed by atoms with van der Waals surface area (Å²) in [5.74, 6) is -0.0160. The van der Waals surface area contributed by atoms with Crippen LogP contribution in [0.2, 0.25) is 5.02 Å². The van der Waals surface area contributed by atoms with Crippen molar-refractivity contribution in [2.45, 2.75) is 25.8 Å². The maximum atomic E-state index is 12.1. The van der Waals surface area contributed by atoms with E-state index in [9.17, 15) is 9.90 Å². The number of aromatic hydroxyl groups is 1. The Morgan fingerprint density at radius 2 is 2.25 bits per heavy atom. The molecule has 1 atom stereocenters. The largest absolute Gasteiger partial charge is 0.505 e. The maximum Gasteiger partial charge on any atom is 0.220 e. The van der Waals surface area contributed by atoms with E-state index in [4.69, 9.17) is 11.6 Å². The number of benzene rings is 1. The second-order valence-electron chi connectivity index (χ2n) is 5.46. The normalized spacial score (nSPS) is 12.2. The van der Waals surface area contributed by atoms with Crippen molar-refractivity contribution in [2.75, 3.05) is 0 Å². The molecule has 0 fully saturated rings. The zero-order valence-corrected chi connectivity index (χ0v) is 14.7. The first-order valence-electron chi connectivity index (χ1n) is 7.70. The lowest BCUT2D eigenvalue weighted by Crippen LogP contribution is -2.28. The monoisotopic (exact) mass is 360 g/mol. The van der Waals surface area contributed by atoms with E-state index >= 15 is 0 Å². The number of nitrogens with one attached hydrogen (secondary N) is 1. The van der Waals surface area contributed by atoms with Gasteiger partial charge in [0.1, 0.15) is 11.3 Å². The first-order chi connectivity index (χ1) is 11.6. The van der Waals surface area contributed by atoms with Gasteiger partial charge >= 0.3 is 0 Å². The van der Waals surface area contributed by atoms with Gasteiger partial charge < -0.3 is 10.4 Å². The molecule has 6 heteroatoms. The number of nitrogens with zero attached hydrogens (tertiary/aromatic N) is 1. The second-order valence-corrected chi connectivity index (χ2v) is 6.85. The molecule has 0 unspecified atom stereocenters. The van der Waals surface area contributed by atoms with E-state index in [1.807, 2.05) is 30.5 Å². The van der Waals surface area contributed by atoms with Crippen molar-refractivity contribution in [3.8, 4) is 5.75 Å². The Hall–Kier alpha value is -2.11. The molecule has 0 spiro atoms. The topological polar surface area (TPSA) is 62.2 Å². The van der Waals surface area contributed by atoms with Gasteiger partial charge in [-0.05, 0) is 36.1 Å². The molecule has 0 saturated carbocycles. The minimum absolute atomic E-state index is 0.0465. The fourth-order valence-electron chi connectivity index (χ4n) is 2.64. The molecule has 2 N–H and O–H groups in total. The van der Waals surface area contributed by atoms with Crippen LogP contribution in [0.1, 0.15) is 36.2 Å². The minimum Gasteiger partial charge on any atom is -0.505 e. The first kappa shape index (κ1) is 16.7. The summed E-state index contributed by atoms with van der Waals surface area (Å²) in [7, 11) is 0. The molecular formula is C18H17ClN2O2S. The SMILES string of the molecule is CCCC(=O)N[C@H](c1cccs1)c1cc(Cl)c2cccnc2c1O. The van der Waals surface area contributed by atoms with Gasteiger partial charge in [0.05, 0.1) is 11.1 Å². The average molecular weight is 361 g/mol. The molecular weight excluding hydrogens is 344 g/mol. The Bertz CT molecular complexity index is 865. The summed E-state index contributed by atoms with van der Waals surface area (Å²) in [5.41, 5.74) is 0.990. The smallest absolute Gasteiger partial charge is 0.220 e.